The van der Waals surface area contributed by atoms with E-state index in [1.165, 1.54) is 0 Å². The fourth-order valence-electron chi connectivity index (χ4n) is 2.57. The number of nitrogens with zero attached hydrogens (tertiary/aromatic N) is 1. The maximum absolute atomic E-state index is 11.8. The van der Waals surface area contributed by atoms with Gasteiger partial charge in [0.15, 0.2) is 0 Å². The van der Waals surface area contributed by atoms with E-state index < -0.39 is 5.60 Å². The van der Waals surface area contributed by atoms with E-state index in [9.17, 15) is 4.79 Å². The number of aromatic nitrogens is 1. The van der Waals surface area contributed by atoms with E-state index in [2.05, 4.69) is 17.4 Å². The standard InChI is InChI=1S/C19H22N2O2/c1-19(2,3)23-18(22)21-17-12-14(17)16-11-7-10-15(20-16)13-8-5-4-6-9-13/h4-11,14,17H,12H2,1-3H3,(H,21,22)/t14-,17+/m1/s1. The zero-order chi connectivity index (χ0) is 16.4. The first-order chi connectivity index (χ1) is 10.9. The van der Waals surface area contributed by atoms with Crippen LogP contribution in [0.3, 0.4) is 0 Å². The molecule has 120 valence electrons. The van der Waals surface area contributed by atoms with Crippen molar-refractivity contribution in [2.45, 2.75) is 44.8 Å². The molecular weight excluding hydrogens is 288 g/mol. The van der Waals surface area contributed by atoms with Crippen LogP contribution in [0.1, 0.15) is 38.8 Å². The van der Waals surface area contributed by atoms with Gasteiger partial charge in [0.2, 0.25) is 0 Å². The predicted molar refractivity (Wildman–Crippen MR) is 90.2 cm³/mol. The van der Waals surface area contributed by atoms with Crippen LogP contribution in [0.2, 0.25) is 0 Å². The van der Waals surface area contributed by atoms with Crippen molar-refractivity contribution in [2.24, 2.45) is 0 Å². The third kappa shape index (κ3) is 4.09. The summed E-state index contributed by atoms with van der Waals surface area (Å²) < 4.78 is 5.30. The maximum Gasteiger partial charge on any atom is 0.407 e. The van der Waals surface area contributed by atoms with E-state index in [-0.39, 0.29) is 18.1 Å². The minimum Gasteiger partial charge on any atom is -0.444 e. The third-order valence-corrected chi connectivity index (χ3v) is 3.71. The van der Waals surface area contributed by atoms with E-state index in [0.717, 1.165) is 23.4 Å². The highest BCUT2D eigenvalue weighted by Gasteiger charge is 2.41. The van der Waals surface area contributed by atoms with Crippen LogP contribution in [0.5, 0.6) is 0 Å². The summed E-state index contributed by atoms with van der Waals surface area (Å²) in [5.41, 5.74) is 2.62. The summed E-state index contributed by atoms with van der Waals surface area (Å²) in [6.07, 6.45) is 0.550. The van der Waals surface area contributed by atoms with Gasteiger partial charge in [-0.15, -0.1) is 0 Å². The molecule has 4 nitrogen and oxygen atoms in total. The second-order valence-electron chi connectivity index (χ2n) is 6.91. The van der Waals surface area contributed by atoms with Crippen molar-refractivity contribution in [2.75, 3.05) is 0 Å². The molecule has 1 aromatic carbocycles. The Hall–Kier alpha value is -2.36. The number of hydrogen-bond donors (Lipinski definition) is 1. The number of pyridine rings is 1. The van der Waals surface area contributed by atoms with Gasteiger partial charge in [-0.25, -0.2) is 4.79 Å². The number of carbonyl (C=O) groups is 1. The van der Waals surface area contributed by atoms with Gasteiger partial charge in [-0.2, -0.15) is 0 Å². The monoisotopic (exact) mass is 310 g/mol. The molecule has 1 saturated carbocycles. The van der Waals surface area contributed by atoms with Gasteiger partial charge >= 0.3 is 6.09 Å². The van der Waals surface area contributed by atoms with Crippen molar-refractivity contribution in [1.29, 1.82) is 0 Å². The molecule has 1 aliphatic carbocycles. The molecule has 3 rings (SSSR count). The summed E-state index contributed by atoms with van der Waals surface area (Å²) in [7, 11) is 0. The molecule has 1 fully saturated rings. The minimum absolute atomic E-state index is 0.114. The SMILES string of the molecule is CC(C)(C)OC(=O)N[C@H]1C[C@@H]1c1cccc(-c2ccccc2)n1. The van der Waals surface area contributed by atoms with E-state index in [0.29, 0.717) is 0 Å². The van der Waals surface area contributed by atoms with Crippen molar-refractivity contribution in [3.8, 4) is 11.3 Å². The van der Waals surface area contributed by atoms with Crippen molar-refractivity contribution >= 4 is 6.09 Å². The second-order valence-corrected chi connectivity index (χ2v) is 6.91. The Labute approximate surface area is 136 Å². The minimum atomic E-state index is -0.472. The van der Waals surface area contributed by atoms with Gasteiger partial charge in [-0.1, -0.05) is 36.4 Å². The molecular formula is C19H22N2O2. The van der Waals surface area contributed by atoms with Crippen molar-refractivity contribution in [1.82, 2.24) is 10.3 Å². The number of rotatable bonds is 3. The first-order valence-corrected chi connectivity index (χ1v) is 7.94. The molecule has 2 atom stereocenters. The van der Waals surface area contributed by atoms with Crippen LogP contribution < -0.4 is 5.32 Å². The third-order valence-electron chi connectivity index (χ3n) is 3.71. The normalized spacial score (nSPS) is 20.0. The summed E-state index contributed by atoms with van der Waals surface area (Å²) in [6, 6.07) is 16.3. The van der Waals surface area contributed by atoms with Crippen LogP contribution in [0.25, 0.3) is 11.3 Å². The summed E-state index contributed by atoms with van der Waals surface area (Å²) >= 11 is 0. The van der Waals surface area contributed by atoms with Crippen molar-refractivity contribution in [3.63, 3.8) is 0 Å². The average molecular weight is 310 g/mol. The summed E-state index contributed by atoms with van der Waals surface area (Å²) in [4.78, 5) is 16.6. The lowest BCUT2D eigenvalue weighted by Gasteiger charge is -2.19. The first-order valence-electron chi connectivity index (χ1n) is 7.94. The van der Waals surface area contributed by atoms with Crippen LogP contribution in [0.15, 0.2) is 48.5 Å². The van der Waals surface area contributed by atoms with Gasteiger partial charge in [0, 0.05) is 23.2 Å². The van der Waals surface area contributed by atoms with E-state index in [1.54, 1.807) is 0 Å². The highest BCUT2D eigenvalue weighted by atomic mass is 16.6. The Morgan fingerprint density at radius 1 is 1.13 bits per heavy atom. The number of hydrogen-bond acceptors (Lipinski definition) is 3. The average Bonchev–Trinajstić information content (AvgIpc) is 3.25. The Morgan fingerprint density at radius 3 is 2.57 bits per heavy atom. The van der Waals surface area contributed by atoms with Gasteiger partial charge in [-0.05, 0) is 39.3 Å². The fraction of sp³-hybridized carbons (Fsp3) is 0.368. The van der Waals surface area contributed by atoms with E-state index in [1.807, 2.05) is 57.2 Å². The lowest BCUT2D eigenvalue weighted by Crippen LogP contribution is -2.34. The largest absolute Gasteiger partial charge is 0.444 e. The molecule has 1 heterocycles. The molecule has 0 aliphatic heterocycles. The summed E-state index contributed by atoms with van der Waals surface area (Å²) in [6.45, 7) is 5.59. The maximum atomic E-state index is 11.8. The molecule has 4 heteroatoms. The molecule has 0 bridgehead atoms. The molecule has 0 radical (unpaired) electrons. The highest BCUT2D eigenvalue weighted by molar-refractivity contribution is 5.69. The molecule has 23 heavy (non-hydrogen) atoms. The molecule has 1 N–H and O–H groups in total. The molecule has 0 unspecified atom stereocenters. The Morgan fingerprint density at radius 2 is 1.87 bits per heavy atom. The number of carbonyl (C=O) groups excluding carboxylic acids is 1. The smallest absolute Gasteiger partial charge is 0.407 e. The molecule has 1 amide bonds. The topological polar surface area (TPSA) is 51.2 Å². The zero-order valence-corrected chi connectivity index (χ0v) is 13.7. The Bertz CT molecular complexity index is 692. The van der Waals surface area contributed by atoms with Gasteiger partial charge in [0.05, 0.1) is 5.69 Å². The Balaban J connectivity index is 1.65. The lowest BCUT2D eigenvalue weighted by molar-refractivity contribution is 0.0523. The van der Waals surface area contributed by atoms with Gasteiger partial charge < -0.3 is 10.1 Å². The number of benzene rings is 1. The van der Waals surface area contributed by atoms with Gasteiger partial charge in [0.1, 0.15) is 5.60 Å². The van der Waals surface area contributed by atoms with Crippen LogP contribution in [-0.4, -0.2) is 22.7 Å². The summed E-state index contributed by atoms with van der Waals surface area (Å²) in [5.74, 6) is 0.270. The number of amides is 1. The fourth-order valence-corrected chi connectivity index (χ4v) is 2.57. The van der Waals surface area contributed by atoms with Crippen LogP contribution in [0.4, 0.5) is 4.79 Å². The van der Waals surface area contributed by atoms with Crippen LogP contribution in [-0.2, 0) is 4.74 Å². The quantitative estimate of drug-likeness (QED) is 0.927. The summed E-state index contributed by atoms with van der Waals surface area (Å²) in [5, 5.41) is 2.92. The Kier molecular flexibility index (Phi) is 4.07. The molecule has 0 saturated heterocycles. The zero-order valence-electron chi connectivity index (χ0n) is 13.7. The molecule has 1 aromatic heterocycles. The number of ether oxygens (including phenoxy) is 1. The molecule has 2 aromatic rings. The van der Waals surface area contributed by atoms with Crippen LogP contribution >= 0.6 is 0 Å². The van der Waals surface area contributed by atoms with Crippen molar-refractivity contribution < 1.29 is 9.53 Å². The number of alkyl carbamates (subject to hydrolysis) is 1. The van der Waals surface area contributed by atoms with Crippen molar-refractivity contribution in [3.05, 3.63) is 54.2 Å². The lowest BCUT2D eigenvalue weighted by atomic mass is 10.1. The van der Waals surface area contributed by atoms with E-state index >= 15 is 0 Å². The van der Waals surface area contributed by atoms with Crippen LogP contribution in [0, 0.1) is 0 Å². The second kappa shape index (κ2) is 6.03. The molecule has 1 aliphatic rings. The molecule has 0 spiro atoms. The highest BCUT2D eigenvalue weighted by Crippen LogP contribution is 2.40. The van der Waals surface area contributed by atoms with Gasteiger partial charge in [-0.3, -0.25) is 4.98 Å². The predicted octanol–water partition coefficient (Wildman–Crippen LogP) is 4.13. The first kappa shape index (κ1) is 15.5. The number of nitrogens with one attached hydrogen (secondary N) is 1. The van der Waals surface area contributed by atoms with E-state index in [4.69, 9.17) is 9.72 Å². The van der Waals surface area contributed by atoms with Gasteiger partial charge in [0.25, 0.3) is 0 Å².